The van der Waals surface area contributed by atoms with Gasteiger partial charge in [-0.15, -0.1) is 0 Å². The molecule has 7 nitrogen and oxygen atoms in total. The number of carbonyl (C=O) groups excluding carboxylic acids is 2. The molecule has 8 heteroatoms. The van der Waals surface area contributed by atoms with Gasteiger partial charge in [0.25, 0.3) is 5.91 Å². The second kappa shape index (κ2) is 8.68. The fourth-order valence-electron chi connectivity index (χ4n) is 4.32. The van der Waals surface area contributed by atoms with Crippen molar-refractivity contribution in [3.05, 3.63) is 94.6 Å². The second-order valence-electron chi connectivity index (χ2n) is 8.16. The number of halogens is 1. The first-order chi connectivity index (χ1) is 16.4. The summed E-state index contributed by atoms with van der Waals surface area (Å²) in [6, 6.07) is 18.7. The fraction of sp³-hybridized carbons (Fsp3) is 0.115. The van der Waals surface area contributed by atoms with Crippen LogP contribution < -0.4 is 10.6 Å². The van der Waals surface area contributed by atoms with Gasteiger partial charge in [0.15, 0.2) is 0 Å². The molecule has 34 heavy (non-hydrogen) atoms. The Morgan fingerprint density at radius 3 is 2.65 bits per heavy atom. The molecule has 0 radical (unpaired) electrons. The number of anilines is 1. The van der Waals surface area contributed by atoms with Gasteiger partial charge in [-0.1, -0.05) is 29.8 Å². The number of para-hydroxylation sites is 1. The van der Waals surface area contributed by atoms with Gasteiger partial charge in [0.2, 0.25) is 5.91 Å². The van der Waals surface area contributed by atoms with Crippen molar-refractivity contribution >= 4 is 45.7 Å². The highest BCUT2D eigenvalue weighted by atomic mass is 35.5. The molecule has 4 aromatic rings. The number of H-pyrrole nitrogens is 1. The number of phenols is 1. The summed E-state index contributed by atoms with van der Waals surface area (Å²) in [5.74, 6) is -0.847. The number of benzodiazepines with no additional fused rings is 1. The predicted molar refractivity (Wildman–Crippen MR) is 133 cm³/mol. The number of amides is 2. The lowest BCUT2D eigenvalue weighted by atomic mass is 10.00. The topological polar surface area (TPSA) is 112 Å². The van der Waals surface area contributed by atoms with Gasteiger partial charge in [-0.3, -0.25) is 14.6 Å². The Bertz CT molecular complexity index is 1440. The maximum Gasteiger partial charge on any atom is 0.252 e. The van der Waals surface area contributed by atoms with E-state index in [9.17, 15) is 14.7 Å². The molecule has 170 valence electrons. The van der Waals surface area contributed by atoms with Crippen LogP contribution in [0.2, 0.25) is 5.02 Å². The average Bonchev–Trinajstić information content (AvgIpc) is 3.19. The number of hydrogen-bond acceptors (Lipinski definition) is 4. The molecule has 1 aliphatic rings. The van der Waals surface area contributed by atoms with E-state index in [4.69, 9.17) is 22.3 Å². The molecule has 5 rings (SSSR count). The van der Waals surface area contributed by atoms with Crippen molar-refractivity contribution in [2.45, 2.75) is 12.5 Å². The van der Waals surface area contributed by atoms with Crippen LogP contribution in [0.4, 0.5) is 5.69 Å². The van der Waals surface area contributed by atoms with Crippen molar-refractivity contribution in [1.82, 2.24) is 4.98 Å². The number of carbonyl (C=O) groups is 2. The molecule has 1 aromatic heterocycles. The third-order valence-corrected chi connectivity index (χ3v) is 6.12. The van der Waals surface area contributed by atoms with Crippen LogP contribution in [0.15, 0.2) is 77.9 Å². The molecular weight excluding hydrogens is 452 g/mol. The zero-order valence-electron chi connectivity index (χ0n) is 18.0. The summed E-state index contributed by atoms with van der Waals surface area (Å²) in [5.41, 5.74) is 9.77. The maximum atomic E-state index is 13.7. The van der Waals surface area contributed by atoms with Crippen molar-refractivity contribution in [2.24, 2.45) is 10.7 Å². The number of hydrogen-bond donors (Lipinski definition) is 3. The van der Waals surface area contributed by atoms with E-state index in [0.29, 0.717) is 34.0 Å². The number of aromatic hydroxyl groups is 1. The van der Waals surface area contributed by atoms with Gasteiger partial charge in [-0.2, -0.15) is 0 Å². The molecule has 3 aromatic carbocycles. The predicted octanol–water partition coefficient (Wildman–Crippen LogP) is 3.81. The summed E-state index contributed by atoms with van der Waals surface area (Å²) in [4.78, 5) is 35.2. The first kappa shape index (κ1) is 21.7. The van der Waals surface area contributed by atoms with E-state index in [-0.39, 0.29) is 18.2 Å². The average molecular weight is 473 g/mol. The van der Waals surface area contributed by atoms with Crippen molar-refractivity contribution < 1.29 is 14.7 Å². The highest BCUT2D eigenvalue weighted by Gasteiger charge is 2.33. The number of phenolic OH excluding ortho intramolecular Hbond substituents is 1. The zero-order chi connectivity index (χ0) is 23.8. The van der Waals surface area contributed by atoms with Crippen molar-refractivity contribution in [3.8, 4) is 5.75 Å². The van der Waals surface area contributed by atoms with Gasteiger partial charge in [0, 0.05) is 39.7 Å². The van der Waals surface area contributed by atoms with Crippen LogP contribution in [0.1, 0.15) is 16.7 Å². The number of nitrogens with zero attached hydrogens (tertiary/aromatic N) is 2. The van der Waals surface area contributed by atoms with Crippen LogP contribution in [0.25, 0.3) is 10.9 Å². The van der Waals surface area contributed by atoms with Gasteiger partial charge >= 0.3 is 0 Å². The molecule has 1 aliphatic heterocycles. The second-order valence-corrected chi connectivity index (χ2v) is 8.59. The number of aromatic amines is 1. The summed E-state index contributed by atoms with van der Waals surface area (Å²) in [5, 5.41) is 11.2. The monoisotopic (exact) mass is 472 g/mol. The molecule has 2 amide bonds. The van der Waals surface area contributed by atoms with E-state index in [1.807, 2.05) is 30.5 Å². The Hall–Kier alpha value is -4.10. The van der Waals surface area contributed by atoms with Gasteiger partial charge in [-0.25, -0.2) is 0 Å². The molecular formula is C26H21ClN4O3. The van der Waals surface area contributed by atoms with E-state index in [0.717, 1.165) is 16.5 Å². The summed E-state index contributed by atoms with van der Waals surface area (Å²) in [6.07, 6.45) is 2.20. The first-order valence-corrected chi connectivity index (χ1v) is 11.1. The summed E-state index contributed by atoms with van der Waals surface area (Å²) in [6.45, 7) is -0.282. The van der Waals surface area contributed by atoms with Gasteiger partial charge in [0.1, 0.15) is 18.3 Å². The number of aromatic nitrogens is 1. The third-order valence-electron chi connectivity index (χ3n) is 5.88. The van der Waals surface area contributed by atoms with Crippen LogP contribution >= 0.6 is 11.6 Å². The molecule has 2 heterocycles. The van der Waals surface area contributed by atoms with Crippen molar-refractivity contribution in [3.63, 3.8) is 0 Å². The maximum absolute atomic E-state index is 13.7. The quantitative estimate of drug-likeness (QED) is 0.410. The smallest absolute Gasteiger partial charge is 0.252 e. The summed E-state index contributed by atoms with van der Waals surface area (Å²) in [7, 11) is 0. The van der Waals surface area contributed by atoms with Gasteiger partial charge in [-0.05, 0) is 54.1 Å². The van der Waals surface area contributed by atoms with Gasteiger partial charge < -0.3 is 20.7 Å². The molecule has 4 N–H and O–H groups in total. The molecule has 0 aliphatic carbocycles. The minimum absolute atomic E-state index is 0.117. The van der Waals surface area contributed by atoms with E-state index >= 15 is 0 Å². The van der Waals surface area contributed by atoms with Crippen LogP contribution in [0, 0.1) is 0 Å². The fourth-order valence-corrected chi connectivity index (χ4v) is 4.49. The highest BCUT2D eigenvalue weighted by Crippen LogP contribution is 2.32. The Morgan fingerprint density at radius 2 is 1.88 bits per heavy atom. The van der Waals surface area contributed by atoms with Crippen LogP contribution in [0.5, 0.6) is 5.75 Å². The van der Waals surface area contributed by atoms with Crippen LogP contribution in [0.3, 0.4) is 0 Å². The Labute approximate surface area is 200 Å². The SMILES string of the molecule is NC(=O)CN1C(=O)C(Cc2c[nH]c3ccccc23)N=C(c2ccc(O)cc2)c2cc(Cl)ccc21. The van der Waals surface area contributed by atoms with E-state index in [1.54, 1.807) is 42.5 Å². The lowest BCUT2D eigenvalue weighted by Gasteiger charge is -2.24. The Balaban J connectivity index is 1.69. The number of aliphatic imine (C=N–C) groups is 1. The lowest BCUT2D eigenvalue weighted by molar-refractivity contribution is -0.123. The molecule has 0 spiro atoms. The molecule has 1 atom stereocenters. The zero-order valence-corrected chi connectivity index (χ0v) is 18.8. The molecule has 1 unspecified atom stereocenters. The minimum atomic E-state index is -0.812. The van der Waals surface area contributed by atoms with E-state index in [1.165, 1.54) is 4.90 Å². The normalized spacial score (nSPS) is 15.7. The number of benzene rings is 3. The Kier molecular flexibility index (Phi) is 5.55. The van der Waals surface area contributed by atoms with Crippen molar-refractivity contribution in [1.29, 1.82) is 0 Å². The summed E-state index contributed by atoms with van der Waals surface area (Å²) < 4.78 is 0. The number of primary amides is 1. The minimum Gasteiger partial charge on any atom is -0.508 e. The molecule has 0 saturated heterocycles. The largest absolute Gasteiger partial charge is 0.508 e. The van der Waals surface area contributed by atoms with Crippen molar-refractivity contribution in [2.75, 3.05) is 11.4 Å². The number of nitrogens with two attached hydrogens (primary N) is 1. The number of fused-ring (bicyclic) bond motifs is 2. The lowest BCUT2D eigenvalue weighted by Crippen LogP contribution is -2.43. The number of rotatable bonds is 5. The van der Waals surface area contributed by atoms with Crippen LogP contribution in [-0.4, -0.2) is 40.2 Å². The molecule has 0 fully saturated rings. The van der Waals surface area contributed by atoms with E-state index in [2.05, 4.69) is 4.98 Å². The molecule has 0 bridgehead atoms. The Morgan fingerprint density at radius 1 is 1.12 bits per heavy atom. The molecule has 0 saturated carbocycles. The third kappa shape index (κ3) is 4.02. The number of nitrogens with one attached hydrogen (secondary N) is 1. The standard InChI is InChI=1S/C26H21ClN4O3/c27-17-7-10-23-20(12-17)25(15-5-8-18(32)9-6-15)30-22(26(34)31(23)14-24(28)33)11-16-13-29-21-4-2-1-3-19(16)21/h1-10,12-13,22,29,32H,11,14H2,(H2,28,33). The van der Waals surface area contributed by atoms with E-state index < -0.39 is 11.9 Å². The van der Waals surface area contributed by atoms with Crippen LogP contribution in [-0.2, 0) is 16.0 Å². The highest BCUT2D eigenvalue weighted by molar-refractivity contribution is 6.32. The summed E-state index contributed by atoms with van der Waals surface area (Å²) >= 11 is 6.32. The first-order valence-electron chi connectivity index (χ1n) is 10.7. The van der Waals surface area contributed by atoms with Gasteiger partial charge in [0.05, 0.1) is 11.4 Å².